The van der Waals surface area contributed by atoms with E-state index in [1.807, 2.05) is 12.3 Å². The highest BCUT2D eigenvalue weighted by Crippen LogP contribution is 2.21. The lowest BCUT2D eigenvalue weighted by Gasteiger charge is -2.29. The fourth-order valence-corrected chi connectivity index (χ4v) is 2.85. The molecule has 0 radical (unpaired) electrons. The Labute approximate surface area is 110 Å². The zero-order valence-electron chi connectivity index (χ0n) is 11.5. The number of pyridine rings is 1. The van der Waals surface area contributed by atoms with Crippen molar-refractivity contribution < 1.29 is 0 Å². The summed E-state index contributed by atoms with van der Waals surface area (Å²) in [4.78, 5) is 9.28. The van der Waals surface area contributed by atoms with E-state index < -0.39 is 0 Å². The van der Waals surface area contributed by atoms with Gasteiger partial charge in [0, 0.05) is 37.9 Å². The second kappa shape index (κ2) is 6.16. The van der Waals surface area contributed by atoms with Gasteiger partial charge in [0.15, 0.2) is 0 Å². The lowest BCUT2D eigenvalue weighted by molar-refractivity contribution is 0.270. The molecule has 1 fully saturated rings. The van der Waals surface area contributed by atoms with Gasteiger partial charge in [0.2, 0.25) is 0 Å². The quantitative estimate of drug-likeness (QED) is 0.857. The van der Waals surface area contributed by atoms with Gasteiger partial charge < -0.3 is 10.6 Å². The average molecular weight is 248 g/mol. The van der Waals surface area contributed by atoms with E-state index in [0.29, 0.717) is 12.6 Å². The number of aromatic nitrogens is 1. The highest BCUT2D eigenvalue weighted by Gasteiger charge is 2.24. The molecule has 1 aliphatic rings. The molecule has 0 bridgehead atoms. The Kier molecular flexibility index (Phi) is 4.55. The van der Waals surface area contributed by atoms with Gasteiger partial charge in [-0.1, -0.05) is 13.0 Å². The molecule has 0 aliphatic carbocycles. The highest BCUT2D eigenvalue weighted by molar-refractivity contribution is 5.46. The monoisotopic (exact) mass is 248 g/mol. The molecule has 1 aliphatic heterocycles. The van der Waals surface area contributed by atoms with E-state index in [1.165, 1.54) is 19.4 Å². The molecule has 4 nitrogen and oxygen atoms in total. The van der Waals surface area contributed by atoms with Crippen molar-refractivity contribution in [3.05, 3.63) is 23.9 Å². The predicted molar refractivity (Wildman–Crippen MR) is 75.7 cm³/mol. The Morgan fingerprint density at radius 3 is 3.11 bits per heavy atom. The molecule has 1 aromatic heterocycles. The number of anilines is 1. The third kappa shape index (κ3) is 2.82. The van der Waals surface area contributed by atoms with Crippen molar-refractivity contribution in [2.75, 3.05) is 31.6 Å². The van der Waals surface area contributed by atoms with Crippen LogP contribution in [0.1, 0.15) is 25.3 Å². The van der Waals surface area contributed by atoms with Gasteiger partial charge in [-0.3, -0.25) is 4.90 Å². The van der Waals surface area contributed by atoms with E-state index in [-0.39, 0.29) is 0 Å². The van der Waals surface area contributed by atoms with Gasteiger partial charge >= 0.3 is 0 Å². The average Bonchev–Trinajstić information content (AvgIpc) is 2.85. The van der Waals surface area contributed by atoms with Gasteiger partial charge in [0.25, 0.3) is 0 Å². The number of nitrogens with two attached hydrogens (primary N) is 1. The molecular weight excluding hydrogens is 224 g/mol. The summed E-state index contributed by atoms with van der Waals surface area (Å²) in [5.74, 6) is 1.03. The molecule has 4 heteroatoms. The molecule has 1 saturated heterocycles. The van der Waals surface area contributed by atoms with E-state index in [1.54, 1.807) is 0 Å². The normalized spacial score (nSPS) is 20.3. The van der Waals surface area contributed by atoms with Crippen molar-refractivity contribution in [2.45, 2.75) is 32.4 Å². The summed E-state index contributed by atoms with van der Waals surface area (Å²) in [5, 5.41) is 0. The largest absolute Gasteiger partial charge is 0.358 e. The standard InChI is InChI=1S/C14H24N4/c1-3-18-9-5-7-13(18)11-17(2)14-12(10-15)6-4-8-16-14/h4,6,8,13H,3,5,7,9-11,15H2,1-2H3. The molecule has 1 atom stereocenters. The van der Waals surface area contributed by atoms with E-state index in [4.69, 9.17) is 5.73 Å². The second-order valence-electron chi connectivity index (χ2n) is 5.00. The Morgan fingerprint density at radius 2 is 2.39 bits per heavy atom. The van der Waals surface area contributed by atoms with Gasteiger partial charge in [0.05, 0.1) is 0 Å². The van der Waals surface area contributed by atoms with Crippen LogP contribution in [0.5, 0.6) is 0 Å². The molecule has 0 amide bonds. The molecule has 0 spiro atoms. The van der Waals surface area contributed by atoms with Crippen LogP contribution in [0, 0.1) is 0 Å². The summed E-state index contributed by atoms with van der Waals surface area (Å²) >= 11 is 0. The van der Waals surface area contributed by atoms with Crippen LogP contribution in [0.25, 0.3) is 0 Å². The molecule has 2 heterocycles. The molecule has 100 valence electrons. The number of likely N-dealkylation sites (tertiary alicyclic amines) is 1. The van der Waals surface area contributed by atoms with E-state index in [9.17, 15) is 0 Å². The van der Waals surface area contributed by atoms with Crippen molar-refractivity contribution >= 4 is 5.82 Å². The van der Waals surface area contributed by atoms with Crippen molar-refractivity contribution in [2.24, 2.45) is 5.73 Å². The van der Waals surface area contributed by atoms with E-state index in [2.05, 4.69) is 34.8 Å². The predicted octanol–water partition coefficient (Wildman–Crippen LogP) is 1.46. The molecule has 1 unspecified atom stereocenters. The Hall–Kier alpha value is -1.13. The van der Waals surface area contributed by atoms with Gasteiger partial charge in [-0.2, -0.15) is 0 Å². The maximum Gasteiger partial charge on any atom is 0.132 e. The third-order valence-electron chi connectivity index (χ3n) is 3.84. The van der Waals surface area contributed by atoms with Crippen molar-refractivity contribution in [3.8, 4) is 0 Å². The van der Waals surface area contributed by atoms with Crippen molar-refractivity contribution in [1.82, 2.24) is 9.88 Å². The summed E-state index contributed by atoms with van der Waals surface area (Å²) in [6.07, 6.45) is 4.46. The van der Waals surface area contributed by atoms with Crippen LogP contribution < -0.4 is 10.6 Å². The Balaban J connectivity index is 2.05. The van der Waals surface area contributed by atoms with Crippen molar-refractivity contribution in [3.63, 3.8) is 0 Å². The van der Waals surface area contributed by atoms with Gasteiger partial charge in [-0.05, 0) is 32.0 Å². The summed E-state index contributed by atoms with van der Waals surface area (Å²) in [6, 6.07) is 4.67. The minimum absolute atomic E-state index is 0.551. The smallest absolute Gasteiger partial charge is 0.132 e. The van der Waals surface area contributed by atoms with E-state index >= 15 is 0 Å². The number of likely N-dealkylation sites (N-methyl/N-ethyl adjacent to an activating group) is 2. The van der Waals surface area contributed by atoms with Crippen LogP contribution in [0.4, 0.5) is 5.82 Å². The first-order valence-corrected chi connectivity index (χ1v) is 6.85. The molecule has 1 aromatic rings. The van der Waals surface area contributed by atoms with Crippen LogP contribution >= 0.6 is 0 Å². The first kappa shape index (κ1) is 13.3. The minimum Gasteiger partial charge on any atom is -0.358 e. The van der Waals surface area contributed by atoms with Gasteiger partial charge in [0.1, 0.15) is 5.82 Å². The molecule has 0 aromatic carbocycles. The molecule has 18 heavy (non-hydrogen) atoms. The fraction of sp³-hybridized carbons (Fsp3) is 0.643. The lowest BCUT2D eigenvalue weighted by Crippen LogP contribution is -2.39. The zero-order chi connectivity index (χ0) is 13.0. The maximum atomic E-state index is 5.77. The molecule has 2 rings (SSSR count). The Bertz CT molecular complexity index is 380. The van der Waals surface area contributed by atoms with Crippen molar-refractivity contribution in [1.29, 1.82) is 0 Å². The van der Waals surface area contributed by atoms with Crippen LogP contribution in [0.15, 0.2) is 18.3 Å². The topological polar surface area (TPSA) is 45.4 Å². The van der Waals surface area contributed by atoms with Crippen LogP contribution in [-0.4, -0.2) is 42.6 Å². The van der Waals surface area contributed by atoms with Crippen LogP contribution in [0.2, 0.25) is 0 Å². The summed E-state index contributed by atoms with van der Waals surface area (Å²) < 4.78 is 0. The second-order valence-corrected chi connectivity index (χ2v) is 5.00. The summed E-state index contributed by atoms with van der Waals surface area (Å²) in [5.41, 5.74) is 6.90. The number of rotatable bonds is 5. The fourth-order valence-electron chi connectivity index (χ4n) is 2.85. The lowest BCUT2D eigenvalue weighted by atomic mass is 10.2. The van der Waals surface area contributed by atoms with Gasteiger partial charge in [-0.25, -0.2) is 4.98 Å². The maximum absolute atomic E-state index is 5.77. The van der Waals surface area contributed by atoms with Crippen LogP contribution in [-0.2, 0) is 6.54 Å². The molecule has 2 N–H and O–H groups in total. The first-order valence-electron chi connectivity index (χ1n) is 6.85. The minimum atomic E-state index is 0.551. The molecule has 0 saturated carbocycles. The zero-order valence-corrected chi connectivity index (χ0v) is 11.5. The SMILES string of the molecule is CCN1CCCC1CN(C)c1ncccc1CN. The van der Waals surface area contributed by atoms with Gasteiger partial charge in [-0.15, -0.1) is 0 Å². The van der Waals surface area contributed by atoms with Crippen LogP contribution in [0.3, 0.4) is 0 Å². The Morgan fingerprint density at radius 1 is 1.56 bits per heavy atom. The molecular formula is C14H24N4. The first-order chi connectivity index (χ1) is 8.76. The van der Waals surface area contributed by atoms with E-state index in [0.717, 1.165) is 24.5 Å². The summed E-state index contributed by atoms with van der Waals surface area (Å²) in [7, 11) is 2.12. The third-order valence-corrected chi connectivity index (χ3v) is 3.84. The number of nitrogens with zero attached hydrogens (tertiary/aromatic N) is 3. The summed E-state index contributed by atoms with van der Waals surface area (Å²) in [6.45, 7) is 6.21. The highest BCUT2D eigenvalue weighted by atomic mass is 15.2. The number of hydrogen-bond donors (Lipinski definition) is 1. The number of hydrogen-bond acceptors (Lipinski definition) is 4.